The zero-order chi connectivity index (χ0) is 9.68. The number of amides is 2. The SMILES string of the molecule is N#CNC(=O)Nc1ccc(F)nc1. The second kappa shape index (κ2) is 4.01. The van der Waals surface area contributed by atoms with Gasteiger partial charge in [0.05, 0.1) is 11.9 Å². The fraction of sp³-hybridized carbons (Fsp3) is 0. The van der Waals surface area contributed by atoms with Crippen molar-refractivity contribution in [2.75, 3.05) is 5.32 Å². The van der Waals surface area contributed by atoms with Crippen LogP contribution >= 0.6 is 0 Å². The lowest BCUT2D eigenvalue weighted by Gasteiger charge is -2.00. The Balaban J connectivity index is 2.60. The largest absolute Gasteiger partial charge is 0.332 e. The van der Waals surface area contributed by atoms with E-state index >= 15 is 0 Å². The molecule has 2 N–H and O–H groups in total. The summed E-state index contributed by atoms with van der Waals surface area (Å²) in [5.74, 6) is -0.633. The molecule has 0 aliphatic rings. The first-order chi connectivity index (χ1) is 6.22. The van der Waals surface area contributed by atoms with E-state index in [0.29, 0.717) is 5.69 Å². The molecular formula is C7H5FN4O. The molecule has 0 aliphatic carbocycles. The van der Waals surface area contributed by atoms with Crippen LogP contribution in [-0.2, 0) is 0 Å². The van der Waals surface area contributed by atoms with Crippen LogP contribution in [0.4, 0.5) is 14.9 Å². The molecule has 0 fully saturated rings. The molecule has 0 spiro atoms. The number of hydrogen-bond acceptors (Lipinski definition) is 3. The number of anilines is 1. The average Bonchev–Trinajstić information content (AvgIpc) is 2.09. The first-order valence-electron chi connectivity index (χ1n) is 3.30. The van der Waals surface area contributed by atoms with Gasteiger partial charge in [-0.1, -0.05) is 0 Å². The molecule has 1 rings (SSSR count). The summed E-state index contributed by atoms with van der Waals surface area (Å²) in [4.78, 5) is 14.0. The first kappa shape index (κ1) is 8.93. The Morgan fingerprint density at radius 3 is 2.92 bits per heavy atom. The van der Waals surface area contributed by atoms with Gasteiger partial charge >= 0.3 is 6.03 Å². The third-order valence-corrected chi connectivity index (χ3v) is 1.15. The summed E-state index contributed by atoms with van der Waals surface area (Å²) in [6.45, 7) is 0. The summed E-state index contributed by atoms with van der Waals surface area (Å²) in [6.07, 6.45) is 2.59. The summed E-state index contributed by atoms with van der Waals surface area (Å²) in [5, 5.41) is 12.2. The van der Waals surface area contributed by atoms with Gasteiger partial charge in [-0.05, 0) is 12.1 Å². The lowest BCUT2D eigenvalue weighted by Crippen LogP contribution is -2.24. The smallest absolute Gasteiger partial charge is 0.306 e. The lowest BCUT2D eigenvalue weighted by molar-refractivity contribution is 0.255. The van der Waals surface area contributed by atoms with Gasteiger partial charge < -0.3 is 5.32 Å². The molecule has 5 nitrogen and oxygen atoms in total. The number of nitrogens with zero attached hydrogens (tertiary/aromatic N) is 2. The van der Waals surface area contributed by atoms with Crippen molar-refractivity contribution in [1.82, 2.24) is 10.3 Å². The van der Waals surface area contributed by atoms with Crippen LogP contribution in [0.3, 0.4) is 0 Å². The number of carbonyl (C=O) groups excluding carboxylic acids is 1. The molecule has 66 valence electrons. The van der Waals surface area contributed by atoms with Crippen molar-refractivity contribution in [3.05, 3.63) is 24.3 Å². The summed E-state index contributed by atoms with van der Waals surface area (Å²) in [5.41, 5.74) is 0.314. The summed E-state index contributed by atoms with van der Waals surface area (Å²) < 4.78 is 12.3. The second-order valence-electron chi connectivity index (χ2n) is 2.06. The number of rotatable bonds is 1. The molecule has 0 radical (unpaired) electrons. The molecule has 0 saturated carbocycles. The highest BCUT2D eigenvalue weighted by atomic mass is 19.1. The maximum Gasteiger partial charge on any atom is 0.332 e. The van der Waals surface area contributed by atoms with Crippen LogP contribution in [0.1, 0.15) is 0 Å². The van der Waals surface area contributed by atoms with Crippen molar-refractivity contribution >= 4 is 11.7 Å². The minimum Gasteiger partial charge on any atom is -0.306 e. The molecule has 13 heavy (non-hydrogen) atoms. The van der Waals surface area contributed by atoms with E-state index in [1.807, 2.05) is 5.32 Å². The fourth-order valence-corrected chi connectivity index (χ4v) is 0.663. The molecule has 0 bridgehead atoms. The molecule has 0 unspecified atom stereocenters. The van der Waals surface area contributed by atoms with Crippen molar-refractivity contribution in [1.29, 1.82) is 5.26 Å². The van der Waals surface area contributed by atoms with Gasteiger partial charge in [0.1, 0.15) is 0 Å². The van der Waals surface area contributed by atoms with E-state index in [4.69, 9.17) is 5.26 Å². The average molecular weight is 180 g/mol. The van der Waals surface area contributed by atoms with Crippen LogP contribution in [-0.4, -0.2) is 11.0 Å². The summed E-state index contributed by atoms with van der Waals surface area (Å²) in [7, 11) is 0. The van der Waals surface area contributed by atoms with E-state index in [1.54, 1.807) is 0 Å². The van der Waals surface area contributed by atoms with E-state index in [1.165, 1.54) is 12.3 Å². The topological polar surface area (TPSA) is 77.8 Å². The van der Waals surface area contributed by atoms with Crippen molar-refractivity contribution < 1.29 is 9.18 Å². The molecule has 0 atom stereocenters. The number of nitrogens with one attached hydrogen (secondary N) is 2. The maximum absolute atomic E-state index is 12.3. The minimum atomic E-state index is -0.684. The number of aromatic nitrogens is 1. The minimum absolute atomic E-state index is 0.314. The Morgan fingerprint density at radius 2 is 2.38 bits per heavy atom. The zero-order valence-electron chi connectivity index (χ0n) is 6.41. The summed E-state index contributed by atoms with van der Waals surface area (Å²) >= 11 is 0. The number of carbonyl (C=O) groups is 1. The van der Waals surface area contributed by atoms with Crippen molar-refractivity contribution in [3.63, 3.8) is 0 Å². The monoisotopic (exact) mass is 180 g/mol. The van der Waals surface area contributed by atoms with Crippen molar-refractivity contribution in [2.45, 2.75) is 0 Å². The highest BCUT2D eigenvalue weighted by Crippen LogP contribution is 2.04. The molecule has 0 aromatic carbocycles. The zero-order valence-corrected chi connectivity index (χ0v) is 6.41. The molecular weight excluding hydrogens is 175 g/mol. The number of hydrogen-bond donors (Lipinski definition) is 2. The number of pyridine rings is 1. The standard InChI is InChI=1S/C7H5FN4O/c8-6-2-1-5(3-10-6)12-7(13)11-4-9/h1-3H,(H2,11,12,13). The van der Waals surface area contributed by atoms with E-state index in [-0.39, 0.29) is 0 Å². The first-order valence-corrected chi connectivity index (χ1v) is 3.30. The molecule has 1 aromatic heterocycles. The van der Waals surface area contributed by atoms with E-state index in [2.05, 4.69) is 10.3 Å². The van der Waals surface area contributed by atoms with Gasteiger partial charge in [-0.2, -0.15) is 9.65 Å². The normalized spacial score (nSPS) is 8.62. The molecule has 2 amide bonds. The van der Waals surface area contributed by atoms with Gasteiger partial charge in [0, 0.05) is 0 Å². The van der Waals surface area contributed by atoms with Gasteiger partial charge in [-0.15, -0.1) is 0 Å². The van der Waals surface area contributed by atoms with Gasteiger partial charge in [-0.3, -0.25) is 0 Å². The Morgan fingerprint density at radius 1 is 1.62 bits per heavy atom. The Labute approximate surface area is 73.2 Å². The Kier molecular flexibility index (Phi) is 2.76. The second-order valence-corrected chi connectivity index (χ2v) is 2.06. The number of halogens is 1. The Bertz CT molecular complexity index is 343. The van der Waals surface area contributed by atoms with E-state index in [0.717, 1.165) is 12.3 Å². The molecule has 6 heteroatoms. The van der Waals surface area contributed by atoms with Crippen LogP contribution in [0.5, 0.6) is 0 Å². The summed E-state index contributed by atoms with van der Waals surface area (Å²) in [6, 6.07) is 1.75. The molecule has 1 aromatic rings. The van der Waals surface area contributed by atoms with E-state index < -0.39 is 12.0 Å². The third kappa shape index (κ3) is 2.75. The van der Waals surface area contributed by atoms with Crippen LogP contribution in [0.2, 0.25) is 0 Å². The molecule has 0 saturated heterocycles. The predicted molar refractivity (Wildman–Crippen MR) is 42.0 cm³/mol. The maximum atomic E-state index is 12.3. The van der Waals surface area contributed by atoms with Crippen LogP contribution in [0, 0.1) is 17.4 Å². The van der Waals surface area contributed by atoms with Gasteiger partial charge in [-0.25, -0.2) is 15.1 Å². The highest BCUT2D eigenvalue weighted by molar-refractivity contribution is 5.89. The van der Waals surface area contributed by atoms with Crippen LogP contribution < -0.4 is 10.6 Å². The number of nitriles is 1. The van der Waals surface area contributed by atoms with Gasteiger partial charge in [0.2, 0.25) is 5.95 Å². The van der Waals surface area contributed by atoms with Crippen molar-refractivity contribution in [2.24, 2.45) is 0 Å². The fourth-order valence-electron chi connectivity index (χ4n) is 0.663. The van der Waals surface area contributed by atoms with Crippen LogP contribution in [0.25, 0.3) is 0 Å². The third-order valence-electron chi connectivity index (χ3n) is 1.15. The lowest BCUT2D eigenvalue weighted by atomic mass is 10.4. The van der Waals surface area contributed by atoms with Gasteiger partial charge in [0.25, 0.3) is 0 Å². The molecule has 1 heterocycles. The highest BCUT2D eigenvalue weighted by Gasteiger charge is 1.99. The molecule has 0 aliphatic heterocycles. The van der Waals surface area contributed by atoms with Crippen LogP contribution in [0.15, 0.2) is 18.3 Å². The Hall–Kier alpha value is -2.16. The predicted octanol–water partition coefficient (Wildman–Crippen LogP) is 0.823. The van der Waals surface area contributed by atoms with E-state index in [9.17, 15) is 9.18 Å². The quantitative estimate of drug-likeness (QED) is 0.381. The van der Waals surface area contributed by atoms with Crippen molar-refractivity contribution in [3.8, 4) is 6.19 Å². The number of urea groups is 1. The van der Waals surface area contributed by atoms with Gasteiger partial charge in [0.15, 0.2) is 6.19 Å².